The van der Waals surface area contributed by atoms with E-state index in [1.807, 2.05) is 6.08 Å². The third-order valence-electron chi connectivity index (χ3n) is 2.49. The molecule has 1 unspecified atom stereocenters. The first-order valence-electron chi connectivity index (χ1n) is 5.69. The number of carbonyl (C=O) groups is 1. The summed E-state index contributed by atoms with van der Waals surface area (Å²) in [6, 6.07) is 0. The van der Waals surface area contributed by atoms with Gasteiger partial charge in [-0.25, -0.2) is 0 Å². The normalized spacial score (nSPS) is 21.8. The van der Waals surface area contributed by atoms with E-state index in [1.54, 1.807) is 0 Å². The van der Waals surface area contributed by atoms with Crippen LogP contribution >= 0.6 is 0 Å². The van der Waals surface area contributed by atoms with Crippen molar-refractivity contribution in [2.45, 2.75) is 58.0 Å². The van der Waals surface area contributed by atoms with E-state index in [2.05, 4.69) is 13.0 Å². The summed E-state index contributed by atoms with van der Waals surface area (Å²) in [6.45, 7) is 2.20. The average molecular weight is 196 g/mol. The number of unbranched alkanes of at least 4 members (excludes halogenated alkanes) is 3. The molecule has 0 spiro atoms. The molecule has 0 amide bonds. The van der Waals surface area contributed by atoms with E-state index in [0.717, 1.165) is 19.3 Å². The number of hydrogen-bond acceptors (Lipinski definition) is 2. The van der Waals surface area contributed by atoms with Crippen molar-refractivity contribution >= 4 is 5.97 Å². The maximum atomic E-state index is 11.1. The Hall–Kier alpha value is -0.790. The Labute approximate surface area is 86.3 Å². The Morgan fingerprint density at radius 3 is 3.07 bits per heavy atom. The fourth-order valence-electron chi connectivity index (χ4n) is 1.64. The molecule has 2 nitrogen and oxygen atoms in total. The lowest BCUT2D eigenvalue weighted by molar-refractivity contribution is -0.146. The highest BCUT2D eigenvalue weighted by Gasteiger charge is 2.13. The van der Waals surface area contributed by atoms with Crippen molar-refractivity contribution in [3.8, 4) is 0 Å². The molecule has 1 atom stereocenters. The van der Waals surface area contributed by atoms with Gasteiger partial charge in [-0.05, 0) is 25.3 Å². The van der Waals surface area contributed by atoms with E-state index in [4.69, 9.17) is 4.74 Å². The monoisotopic (exact) mass is 196 g/mol. The number of rotatable bonds is 5. The molecule has 0 N–H and O–H groups in total. The molecule has 0 aromatic carbocycles. The van der Waals surface area contributed by atoms with Crippen LogP contribution in [0.25, 0.3) is 0 Å². The molecule has 0 radical (unpaired) electrons. The molecule has 0 fully saturated rings. The first-order chi connectivity index (χ1) is 6.83. The highest BCUT2D eigenvalue weighted by atomic mass is 16.5. The van der Waals surface area contributed by atoms with Crippen LogP contribution in [0.2, 0.25) is 0 Å². The van der Waals surface area contributed by atoms with Gasteiger partial charge in [-0.1, -0.05) is 32.3 Å². The summed E-state index contributed by atoms with van der Waals surface area (Å²) in [6.07, 6.45) is 11.5. The van der Waals surface area contributed by atoms with Crippen LogP contribution in [0.5, 0.6) is 0 Å². The van der Waals surface area contributed by atoms with E-state index in [-0.39, 0.29) is 12.1 Å². The highest BCUT2D eigenvalue weighted by molar-refractivity contribution is 5.70. The standard InChI is InChI=1S/C12H20O2/c1-2-3-4-5-8-11-9-6-7-10-12(13)14-11/h6,9,11H,2-5,7-8,10H2,1H3. The molecule has 14 heavy (non-hydrogen) atoms. The Kier molecular flexibility index (Phi) is 5.35. The molecular weight excluding hydrogens is 176 g/mol. The molecule has 1 aliphatic heterocycles. The number of allylic oxidation sites excluding steroid dienone is 1. The molecule has 0 aliphatic carbocycles. The Morgan fingerprint density at radius 1 is 1.43 bits per heavy atom. The second kappa shape index (κ2) is 6.63. The number of carbonyl (C=O) groups excluding carboxylic acids is 1. The molecule has 80 valence electrons. The Bertz CT molecular complexity index is 196. The summed E-state index contributed by atoms with van der Waals surface area (Å²) in [7, 11) is 0. The fraction of sp³-hybridized carbons (Fsp3) is 0.750. The van der Waals surface area contributed by atoms with Crippen LogP contribution in [0.3, 0.4) is 0 Å². The van der Waals surface area contributed by atoms with Crippen molar-refractivity contribution in [3.63, 3.8) is 0 Å². The third-order valence-corrected chi connectivity index (χ3v) is 2.49. The maximum absolute atomic E-state index is 11.1. The van der Waals surface area contributed by atoms with Gasteiger partial charge in [0.1, 0.15) is 6.10 Å². The Morgan fingerprint density at radius 2 is 2.29 bits per heavy atom. The zero-order chi connectivity index (χ0) is 10.2. The minimum atomic E-state index is -0.0458. The molecule has 1 aliphatic rings. The predicted molar refractivity (Wildman–Crippen MR) is 57.0 cm³/mol. The van der Waals surface area contributed by atoms with Gasteiger partial charge in [0.05, 0.1) is 0 Å². The van der Waals surface area contributed by atoms with Crippen molar-refractivity contribution < 1.29 is 9.53 Å². The van der Waals surface area contributed by atoms with Gasteiger partial charge in [0, 0.05) is 6.42 Å². The van der Waals surface area contributed by atoms with Crippen molar-refractivity contribution in [1.29, 1.82) is 0 Å². The lowest BCUT2D eigenvalue weighted by atomic mass is 10.1. The number of esters is 1. The summed E-state index contributed by atoms with van der Waals surface area (Å²) in [5.74, 6) is -0.0458. The predicted octanol–water partition coefficient (Wildman–Crippen LogP) is 3.22. The number of cyclic esters (lactones) is 1. The van der Waals surface area contributed by atoms with Crippen molar-refractivity contribution in [1.82, 2.24) is 0 Å². The molecule has 0 saturated carbocycles. The summed E-state index contributed by atoms with van der Waals surface area (Å²) in [5.41, 5.74) is 0. The van der Waals surface area contributed by atoms with E-state index in [1.165, 1.54) is 19.3 Å². The van der Waals surface area contributed by atoms with E-state index < -0.39 is 0 Å². The molecule has 1 rings (SSSR count). The highest BCUT2D eigenvalue weighted by Crippen LogP contribution is 2.13. The lowest BCUT2D eigenvalue weighted by Crippen LogP contribution is -2.13. The van der Waals surface area contributed by atoms with Crippen LogP contribution < -0.4 is 0 Å². The SMILES string of the molecule is CCCCCCC1C=CCCC(=O)O1. The van der Waals surface area contributed by atoms with Gasteiger partial charge in [0.25, 0.3) is 0 Å². The third kappa shape index (κ3) is 4.45. The molecule has 0 saturated heterocycles. The van der Waals surface area contributed by atoms with Gasteiger partial charge in [0.15, 0.2) is 0 Å². The van der Waals surface area contributed by atoms with E-state index in [9.17, 15) is 4.79 Å². The second-order valence-electron chi connectivity index (χ2n) is 3.84. The summed E-state index contributed by atoms with van der Waals surface area (Å²) in [4.78, 5) is 11.1. The van der Waals surface area contributed by atoms with Crippen LogP contribution in [0.1, 0.15) is 51.9 Å². The fourth-order valence-corrected chi connectivity index (χ4v) is 1.64. The maximum Gasteiger partial charge on any atom is 0.306 e. The van der Waals surface area contributed by atoms with Crippen LogP contribution in [0.15, 0.2) is 12.2 Å². The van der Waals surface area contributed by atoms with Gasteiger partial charge >= 0.3 is 5.97 Å². The topological polar surface area (TPSA) is 26.3 Å². The number of hydrogen-bond donors (Lipinski definition) is 0. The van der Waals surface area contributed by atoms with Crippen molar-refractivity contribution in [3.05, 3.63) is 12.2 Å². The average Bonchev–Trinajstić information content (AvgIpc) is 2.38. The molecule has 0 aromatic heterocycles. The largest absolute Gasteiger partial charge is 0.458 e. The van der Waals surface area contributed by atoms with Gasteiger partial charge in [-0.15, -0.1) is 0 Å². The molecular formula is C12H20O2. The van der Waals surface area contributed by atoms with Crippen LogP contribution in [0.4, 0.5) is 0 Å². The van der Waals surface area contributed by atoms with E-state index >= 15 is 0 Å². The van der Waals surface area contributed by atoms with Gasteiger partial charge in [-0.3, -0.25) is 4.79 Å². The van der Waals surface area contributed by atoms with Crippen LogP contribution in [0, 0.1) is 0 Å². The van der Waals surface area contributed by atoms with Crippen molar-refractivity contribution in [2.75, 3.05) is 0 Å². The summed E-state index contributed by atoms with van der Waals surface area (Å²) >= 11 is 0. The minimum Gasteiger partial charge on any atom is -0.458 e. The molecule has 0 bridgehead atoms. The Balaban J connectivity index is 2.18. The zero-order valence-electron chi connectivity index (χ0n) is 9.00. The van der Waals surface area contributed by atoms with Crippen LogP contribution in [-0.4, -0.2) is 12.1 Å². The van der Waals surface area contributed by atoms with Gasteiger partial charge in [0.2, 0.25) is 0 Å². The smallest absolute Gasteiger partial charge is 0.306 e. The minimum absolute atomic E-state index is 0.0434. The molecule has 1 heterocycles. The lowest BCUT2D eigenvalue weighted by Gasteiger charge is -2.11. The van der Waals surface area contributed by atoms with Crippen molar-refractivity contribution in [2.24, 2.45) is 0 Å². The van der Waals surface area contributed by atoms with Gasteiger partial charge < -0.3 is 4.74 Å². The first-order valence-corrected chi connectivity index (χ1v) is 5.69. The quantitative estimate of drug-likeness (QED) is 0.383. The van der Waals surface area contributed by atoms with E-state index in [0.29, 0.717) is 6.42 Å². The molecule has 0 aromatic rings. The first kappa shape index (κ1) is 11.3. The summed E-state index contributed by atoms with van der Waals surface area (Å²) < 4.78 is 5.27. The van der Waals surface area contributed by atoms with Gasteiger partial charge in [-0.2, -0.15) is 0 Å². The zero-order valence-corrected chi connectivity index (χ0v) is 9.00. The molecule has 2 heteroatoms. The van der Waals surface area contributed by atoms with Crippen LogP contribution in [-0.2, 0) is 9.53 Å². The second-order valence-corrected chi connectivity index (χ2v) is 3.84. The summed E-state index contributed by atoms with van der Waals surface area (Å²) in [5, 5.41) is 0. The number of ether oxygens (including phenoxy) is 1.